The fourth-order valence-corrected chi connectivity index (χ4v) is 3.66. The van der Waals surface area contributed by atoms with Gasteiger partial charge in [0, 0.05) is 19.6 Å². The first-order valence-electron chi connectivity index (χ1n) is 7.35. The number of nitrogen functional groups attached to an aromatic ring is 1. The highest BCUT2D eigenvalue weighted by Crippen LogP contribution is 2.36. The molecule has 1 saturated heterocycles. The van der Waals surface area contributed by atoms with Crippen LogP contribution in [0.25, 0.3) is 0 Å². The Morgan fingerprint density at radius 3 is 2.90 bits per heavy atom. The number of amides is 1. The van der Waals surface area contributed by atoms with Crippen molar-refractivity contribution in [1.82, 2.24) is 5.32 Å². The number of thiophene rings is 1. The number of nitrogens with one attached hydrogen (secondary N) is 1. The van der Waals surface area contributed by atoms with E-state index >= 15 is 0 Å². The SMILES string of the molecule is CCNC(=O)c1sc(N2CCCC(C)(C)CC2)cc1N. The minimum absolute atomic E-state index is 0.0589. The van der Waals surface area contributed by atoms with Crippen molar-refractivity contribution in [3.8, 4) is 0 Å². The summed E-state index contributed by atoms with van der Waals surface area (Å²) in [5, 5.41) is 3.94. The third kappa shape index (κ3) is 3.45. The fourth-order valence-electron chi connectivity index (χ4n) is 2.61. The minimum atomic E-state index is -0.0589. The lowest BCUT2D eigenvalue weighted by molar-refractivity contribution is 0.0960. The molecule has 20 heavy (non-hydrogen) atoms. The molecule has 0 atom stereocenters. The van der Waals surface area contributed by atoms with Crippen molar-refractivity contribution >= 4 is 27.9 Å². The van der Waals surface area contributed by atoms with E-state index < -0.39 is 0 Å². The van der Waals surface area contributed by atoms with Crippen LogP contribution < -0.4 is 16.0 Å². The zero-order valence-electron chi connectivity index (χ0n) is 12.7. The van der Waals surface area contributed by atoms with E-state index in [0.29, 0.717) is 22.5 Å². The molecule has 0 spiro atoms. The minimum Gasteiger partial charge on any atom is -0.397 e. The van der Waals surface area contributed by atoms with Crippen LogP contribution in [-0.4, -0.2) is 25.5 Å². The highest BCUT2D eigenvalue weighted by atomic mass is 32.1. The van der Waals surface area contributed by atoms with Gasteiger partial charge in [-0.3, -0.25) is 4.79 Å². The Morgan fingerprint density at radius 2 is 2.20 bits per heavy atom. The number of carbonyl (C=O) groups is 1. The molecule has 0 unspecified atom stereocenters. The smallest absolute Gasteiger partial charge is 0.263 e. The number of anilines is 2. The van der Waals surface area contributed by atoms with Crippen LogP contribution in [0.15, 0.2) is 6.07 Å². The van der Waals surface area contributed by atoms with Crippen molar-refractivity contribution < 1.29 is 4.79 Å². The summed E-state index contributed by atoms with van der Waals surface area (Å²) in [5.74, 6) is -0.0589. The van der Waals surface area contributed by atoms with Crippen molar-refractivity contribution in [3.05, 3.63) is 10.9 Å². The van der Waals surface area contributed by atoms with E-state index in [4.69, 9.17) is 5.73 Å². The maximum absolute atomic E-state index is 11.9. The van der Waals surface area contributed by atoms with Gasteiger partial charge in [0.2, 0.25) is 0 Å². The van der Waals surface area contributed by atoms with Crippen LogP contribution in [0.3, 0.4) is 0 Å². The molecule has 0 saturated carbocycles. The highest BCUT2D eigenvalue weighted by Gasteiger charge is 2.25. The third-order valence-corrected chi connectivity index (χ3v) is 5.15. The molecule has 1 aliphatic rings. The third-order valence-electron chi connectivity index (χ3n) is 3.94. The zero-order chi connectivity index (χ0) is 14.8. The molecule has 0 aliphatic carbocycles. The first-order chi connectivity index (χ1) is 9.43. The van der Waals surface area contributed by atoms with Crippen LogP contribution >= 0.6 is 11.3 Å². The van der Waals surface area contributed by atoms with E-state index in [-0.39, 0.29) is 5.91 Å². The molecular formula is C15H25N3OS. The summed E-state index contributed by atoms with van der Waals surface area (Å²) in [6.45, 7) is 9.31. The molecule has 0 aromatic carbocycles. The van der Waals surface area contributed by atoms with Crippen LogP contribution in [0.2, 0.25) is 0 Å². The molecule has 1 amide bonds. The van der Waals surface area contributed by atoms with E-state index in [1.54, 1.807) is 0 Å². The van der Waals surface area contributed by atoms with Crippen LogP contribution in [0.4, 0.5) is 10.7 Å². The maximum Gasteiger partial charge on any atom is 0.263 e. The predicted molar refractivity (Wildman–Crippen MR) is 86.6 cm³/mol. The molecule has 2 heterocycles. The molecule has 1 fully saturated rings. The van der Waals surface area contributed by atoms with E-state index in [9.17, 15) is 4.79 Å². The molecule has 0 bridgehead atoms. The van der Waals surface area contributed by atoms with E-state index in [1.165, 1.54) is 30.6 Å². The van der Waals surface area contributed by atoms with Gasteiger partial charge in [0.05, 0.1) is 10.7 Å². The molecule has 112 valence electrons. The monoisotopic (exact) mass is 295 g/mol. The summed E-state index contributed by atoms with van der Waals surface area (Å²) in [4.78, 5) is 15.0. The lowest BCUT2D eigenvalue weighted by Crippen LogP contribution is -2.24. The van der Waals surface area contributed by atoms with Gasteiger partial charge >= 0.3 is 0 Å². The summed E-state index contributed by atoms with van der Waals surface area (Å²) < 4.78 is 0. The second-order valence-corrected chi connectivity index (χ2v) is 7.26. The van der Waals surface area contributed by atoms with E-state index in [0.717, 1.165) is 18.1 Å². The van der Waals surface area contributed by atoms with Crippen LogP contribution in [0, 0.1) is 5.41 Å². The average molecular weight is 295 g/mol. The lowest BCUT2D eigenvalue weighted by atomic mass is 9.85. The van der Waals surface area contributed by atoms with Gasteiger partial charge in [0.1, 0.15) is 4.88 Å². The standard InChI is InChI=1S/C15H25N3OS/c1-4-17-14(19)13-11(16)10-12(20-13)18-8-5-6-15(2,3)7-9-18/h10H,4-9,16H2,1-3H3,(H,17,19). The van der Waals surface area contributed by atoms with Gasteiger partial charge in [-0.15, -0.1) is 11.3 Å². The Bertz CT molecular complexity index is 481. The first kappa shape index (κ1) is 15.2. The molecule has 1 aromatic heterocycles. The topological polar surface area (TPSA) is 58.4 Å². The number of nitrogens with two attached hydrogens (primary N) is 1. The molecule has 5 heteroatoms. The van der Waals surface area contributed by atoms with Gasteiger partial charge in [-0.1, -0.05) is 13.8 Å². The van der Waals surface area contributed by atoms with Gasteiger partial charge in [0.25, 0.3) is 5.91 Å². The lowest BCUT2D eigenvalue weighted by Gasteiger charge is -2.23. The van der Waals surface area contributed by atoms with Crippen LogP contribution in [0.1, 0.15) is 49.7 Å². The zero-order valence-corrected chi connectivity index (χ0v) is 13.5. The van der Waals surface area contributed by atoms with Crippen LogP contribution in [-0.2, 0) is 0 Å². The van der Waals surface area contributed by atoms with Gasteiger partial charge in [0.15, 0.2) is 0 Å². The second-order valence-electron chi connectivity index (χ2n) is 6.23. The number of nitrogens with zero attached hydrogens (tertiary/aromatic N) is 1. The van der Waals surface area contributed by atoms with Crippen LogP contribution in [0.5, 0.6) is 0 Å². The Morgan fingerprint density at radius 1 is 1.45 bits per heavy atom. The van der Waals surface area contributed by atoms with E-state index in [2.05, 4.69) is 24.1 Å². The number of hydrogen-bond acceptors (Lipinski definition) is 4. The van der Waals surface area contributed by atoms with Gasteiger partial charge < -0.3 is 16.0 Å². The van der Waals surface area contributed by atoms with Crippen molar-refractivity contribution in [2.24, 2.45) is 5.41 Å². The molecule has 1 aliphatic heterocycles. The summed E-state index contributed by atoms with van der Waals surface area (Å²) >= 11 is 1.51. The molecule has 3 N–H and O–H groups in total. The van der Waals surface area contributed by atoms with Crippen molar-refractivity contribution in [1.29, 1.82) is 0 Å². The Balaban J connectivity index is 2.13. The van der Waals surface area contributed by atoms with Gasteiger partial charge in [-0.05, 0) is 37.7 Å². The normalized spacial score (nSPS) is 18.6. The quantitative estimate of drug-likeness (QED) is 0.901. The number of carbonyl (C=O) groups excluding carboxylic acids is 1. The highest BCUT2D eigenvalue weighted by molar-refractivity contribution is 7.18. The summed E-state index contributed by atoms with van der Waals surface area (Å²) in [5.41, 5.74) is 7.01. The van der Waals surface area contributed by atoms with Gasteiger partial charge in [-0.2, -0.15) is 0 Å². The van der Waals surface area contributed by atoms with Gasteiger partial charge in [-0.25, -0.2) is 0 Å². The molecule has 0 radical (unpaired) electrons. The summed E-state index contributed by atoms with van der Waals surface area (Å²) in [6.07, 6.45) is 3.64. The Hall–Kier alpha value is -1.23. The van der Waals surface area contributed by atoms with Crippen molar-refractivity contribution in [2.45, 2.75) is 40.0 Å². The molecule has 4 nitrogen and oxygen atoms in total. The Labute approximate surface area is 125 Å². The second kappa shape index (κ2) is 6.04. The maximum atomic E-state index is 11.9. The predicted octanol–water partition coefficient (Wildman–Crippen LogP) is 3.10. The van der Waals surface area contributed by atoms with Crippen molar-refractivity contribution in [3.63, 3.8) is 0 Å². The molecular weight excluding hydrogens is 270 g/mol. The molecule has 2 rings (SSSR count). The van der Waals surface area contributed by atoms with Crippen molar-refractivity contribution in [2.75, 3.05) is 30.3 Å². The first-order valence-corrected chi connectivity index (χ1v) is 8.17. The summed E-state index contributed by atoms with van der Waals surface area (Å²) in [6, 6.07) is 1.95. The fraction of sp³-hybridized carbons (Fsp3) is 0.667. The summed E-state index contributed by atoms with van der Waals surface area (Å²) in [7, 11) is 0. The Kier molecular flexibility index (Phi) is 4.58. The number of hydrogen-bond donors (Lipinski definition) is 2. The van der Waals surface area contributed by atoms with E-state index in [1.807, 2.05) is 13.0 Å². The molecule has 1 aromatic rings. The average Bonchev–Trinajstić information content (AvgIpc) is 2.66. The number of rotatable bonds is 3. The largest absolute Gasteiger partial charge is 0.397 e.